The summed E-state index contributed by atoms with van der Waals surface area (Å²) in [5, 5.41) is 11.9. The Balaban J connectivity index is 1.50. The highest BCUT2D eigenvalue weighted by molar-refractivity contribution is 6.04. The lowest BCUT2D eigenvalue weighted by molar-refractivity contribution is -0.384. The van der Waals surface area contributed by atoms with Crippen LogP contribution in [0.5, 0.6) is 0 Å². The maximum atomic E-state index is 14.0. The van der Waals surface area contributed by atoms with Gasteiger partial charge >= 0.3 is 0 Å². The van der Waals surface area contributed by atoms with E-state index in [-0.39, 0.29) is 23.1 Å². The molecule has 0 bridgehead atoms. The number of H-pyrrole nitrogens is 1. The van der Waals surface area contributed by atoms with Gasteiger partial charge in [-0.25, -0.2) is 0 Å². The molecule has 0 aliphatic carbocycles. The molecule has 0 spiro atoms. The minimum absolute atomic E-state index is 0.142. The molecule has 0 saturated carbocycles. The summed E-state index contributed by atoms with van der Waals surface area (Å²) >= 11 is 0. The third-order valence-corrected chi connectivity index (χ3v) is 7.61. The number of nitro groups is 1. The molecular weight excluding hydrogens is 510 g/mol. The largest absolute Gasteiger partial charge is 0.358 e. The predicted molar refractivity (Wildman–Crippen MR) is 149 cm³/mol. The van der Waals surface area contributed by atoms with Crippen molar-refractivity contribution in [1.29, 1.82) is 0 Å². The average Bonchev–Trinajstić information content (AvgIpc) is 3.44. The molecule has 40 heavy (non-hydrogen) atoms. The maximum Gasteiger partial charge on any atom is 0.269 e. The van der Waals surface area contributed by atoms with Gasteiger partial charge in [0.1, 0.15) is 6.04 Å². The van der Waals surface area contributed by atoms with Gasteiger partial charge in [0.2, 0.25) is 0 Å². The van der Waals surface area contributed by atoms with Crippen molar-refractivity contribution in [1.82, 2.24) is 20.7 Å². The Morgan fingerprint density at radius 2 is 1.70 bits per heavy atom. The van der Waals surface area contributed by atoms with Crippen LogP contribution in [0, 0.1) is 23.0 Å². The summed E-state index contributed by atoms with van der Waals surface area (Å²) in [6.07, 6.45) is 0.605. The van der Waals surface area contributed by atoms with Crippen LogP contribution >= 0.6 is 0 Å². The number of carbonyl (C=O) groups excluding carboxylic acids is 3. The minimum atomic E-state index is -0.903. The van der Waals surface area contributed by atoms with E-state index in [0.29, 0.717) is 12.0 Å². The number of nitrogens with zero attached hydrogens (tertiary/aromatic N) is 2. The molecule has 0 radical (unpaired) electrons. The Labute approximate surface area is 230 Å². The molecule has 2 heterocycles. The second-order valence-corrected chi connectivity index (χ2v) is 9.99. The van der Waals surface area contributed by atoms with E-state index >= 15 is 0 Å². The number of aryl methyl sites for hydroxylation is 1. The van der Waals surface area contributed by atoms with Gasteiger partial charge in [0.25, 0.3) is 23.4 Å². The van der Waals surface area contributed by atoms with Gasteiger partial charge in [0.15, 0.2) is 0 Å². The van der Waals surface area contributed by atoms with E-state index in [4.69, 9.17) is 0 Å². The number of hydrogen-bond donors (Lipinski definition) is 3. The Morgan fingerprint density at radius 1 is 1.02 bits per heavy atom. The number of aromatic nitrogens is 1. The SMILES string of the molecule is CCC(C)C(C(=O)NNC(=O)c1ccc([N+](=O)[O-])cc1)N1C(=O)c2ccccc2C1c1c(C)[nH]c2ccccc12. The number of non-ortho nitro benzene ring substituents is 1. The second-order valence-electron chi connectivity index (χ2n) is 9.99. The molecule has 0 saturated heterocycles. The van der Waals surface area contributed by atoms with Crippen LogP contribution in [0.3, 0.4) is 0 Å². The van der Waals surface area contributed by atoms with Gasteiger partial charge in [-0.1, -0.05) is 56.7 Å². The Morgan fingerprint density at radius 3 is 2.40 bits per heavy atom. The highest BCUT2D eigenvalue weighted by atomic mass is 16.6. The molecule has 1 aliphatic rings. The predicted octanol–water partition coefficient (Wildman–Crippen LogP) is 4.81. The van der Waals surface area contributed by atoms with E-state index < -0.39 is 28.8 Å². The first-order chi connectivity index (χ1) is 19.2. The van der Waals surface area contributed by atoms with E-state index in [0.717, 1.165) is 27.7 Å². The number of hydrazine groups is 1. The molecule has 204 valence electrons. The number of aromatic amines is 1. The molecule has 5 rings (SSSR count). The molecule has 3 N–H and O–H groups in total. The second kappa shape index (κ2) is 10.6. The molecule has 0 fully saturated rings. The van der Waals surface area contributed by atoms with E-state index in [1.54, 1.807) is 11.0 Å². The van der Waals surface area contributed by atoms with Crippen LogP contribution in [-0.2, 0) is 4.79 Å². The Kier molecular flexibility index (Phi) is 7.08. The Hall–Kier alpha value is -4.99. The lowest BCUT2D eigenvalue weighted by atomic mass is 9.91. The van der Waals surface area contributed by atoms with Crippen LogP contribution < -0.4 is 10.9 Å². The van der Waals surface area contributed by atoms with Crippen molar-refractivity contribution in [3.8, 4) is 0 Å². The van der Waals surface area contributed by atoms with Gasteiger partial charge in [-0.05, 0) is 42.7 Å². The van der Waals surface area contributed by atoms with Crippen molar-refractivity contribution < 1.29 is 19.3 Å². The van der Waals surface area contributed by atoms with Crippen molar-refractivity contribution in [3.05, 3.63) is 111 Å². The van der Waals surface area contributed by atoms with E-state index in [1.807, 2.05) is 63.2 Å². The van der Waals surface area contributed by atoms with E-state index in [2.05, 4.69) is 15.8 Å². The molecule has 1 aromatic heterocycles. The molecule has 10 nitrogen and oxygen atoms in total. The molecule has 1 aliphatic heterocycles. The van der Waals surface area contributed by atoms with Gasteiger partial charge in [-0.2, -0.15) is 0 Å². The van der Waals surface area contributed by atoms with Crippen LogP contribution in [0.2, 0.25) is 0 Å². The summed E-state index contributed by atoms with van der Waals surface area (Å²) < 4.78 is 0. The van der Waals surface area contributed by atoms with Crippen LogP contribution in [0.1, 0.15) is 63.8 Å². The van der Waals surface area contributed by atoms with Crippen LogP contribution in [0.4, 0.5) is 5.69 Å². The fourth-order valence-electron chi connectivity index (χ4n) is 5.45. The van der Waals surface area contributed by atoms with Crippen molar-refractivity contribution in [2.75, 3.05) is 0 Å². The van der Waals surface area contributed by atoms with Gasteiger partial charge in [0, 0.05) is 45.4 Å². The monoisotopic (exact) mass is 539 g/mol. The number of nitro benzene ring substituents is 1. The Bertz CT molecular complexity index is 1630. The quantitative estimate of drug-likeness (QED) is 0.229. The molecule has 3 atom stereocenters. The summed E-state index contributed by atoms with van der Waals surface area (Å²) in [4.78, 5) is 55.8. The molecule has 3 amide bonds. The average molecular weight is 540 g/mol. The number of benzene rings is 3. The summed E-state index contributed by atoms with van der Waals surface area (Å²) in [6, 6.07) is 18.9. The van der Waals surface area contributed by atoms with Crippen molar-refractivity contribution in [2.45, 2.75) is 39.3 Å². The number of carbonyl (C=O) groups is 3. The molecule has 3 aromatic carbocycles. The molecule has 4 aromatic rings. The number of para-hydroxylation sites is 1. The third-order valence-electron chi connectivity index (χ3n) is 7.61. The lowest BCUT2D eigenvalue weighted by Crippen LogP contribution is -2.55. The zero-order valence-corrected chi connectivity index (χ0v) is 22.3. The highest BCUT2D eigenvalue weighted by Gasteiger charge is 2.46. The number of fused-ring (bicyclic) bond motifs is 2. The van der Waals surface area contributed by atoms with Crippen molar-refractivity contribution >= 4 is 34.3 Å². The number of nitrogens with one attached hydrogen (secondary N) is 3. The normalized spacial score (nSPS) is 15.9. The smallest absolute Gasteiger partial charge is 0.269 e. The number of amides is 3. The molecular formula is C30H29N5O5. The molecule has 10 heteroatoms. The topological polar surface area (TPSA) is 137 Å². The van der Waals surface area contributed by atoms with Crippen LogP contribution in [-0.4, -0.2) is 38.6 Å². The van der Waals surface area contributed by atoms with Crippen molar-refractivity contribution in [3.63, 3.8) is 0 Å². The number of hydrogen-bond acceptors (Lipinski definition) is 5. The first-order valence-electron chi connectivity index (χ1n) is 13.1. The van der Waals surface area contributed by atoms with Gasteiger partial charge < -0.3 is 9.88 Å². The van der Waals surface area contributed by atoms with E-state index in [1.165, 1.54) is 24.3 Å². The summed E-state index contributed by atoms with van der Waals surface area (Å²) in [5.41, 5.74) is 9.01. The zero-order valence-electron chi connectivity index (χ0n) is 22.3. The number of rotatable bonds is 7. The summed E-state index contributed by atoms with van der Waals surface area (Å²) in [7, 11) is 0. The first-order valence-corrected chi connectivity index (χ1v) is 13.1. The maximum absolute atomic E-state index is 14.0. The standard InChI is InChI=1S/C30H29N5O5/c1-4-17(2)26(29(37)33-32-28(36)19-13-15-20(16-14-19)35(39)40)34-27(21-9-5-6-10-22(21)30(34)38)25-18(3)31-24-12-8-7-11-23(24)25/h5-17,26-27,31H,4H2,1-3H3,(H,32,36)(H,33,37). The fraction of sp³-hybridized carbons (Fsp3) is 0.233. The first kappa shape index (κ1) is 26.6. The van der Waals surface area contributed by atoms with Gasteiger partial charge in [-0.3, -0.25) is 35.3 Å². The van der Waals surface area contributed by atoms with Crippen LogP contribution in [0.15, 0.2) is 72.8 Å². The van der Waals surface area contributed by atoms with Gasteiger partial charge in [-0.15, -0.1) is 0 Å². The van der Waals surface area contributed by atoms with Gasteiger partial charge in [0.05, 0.1) is 11.0 Å². The zero-order chi connectivity index (χ0) is 28.6. The van der Waals surface area contributed by atoms with Crippen LogP contribution in [0.25, 0.3) is 10.9 Å². The van der Waals surface area contributed by atoms with E-state index in [9.17, 15) is 24.5 Å². The summed E-state index contributed by atoms with van der Waals surface area (Å²) in [5.74, 6) is -1.67. The molecule has 3 unspecified atom stereocenters. The van der Waals surface area contributed by atoms with Crippen molar-refractivity contribution in [2.24, 2.45) is 5.92 Å². The summed E-state index contributed by atoms with van der Waals surface area (Å²) in [6.45, 7) is 5.81. The fourth-order valence-corrected chi connectivity index (χ4v) is 5.45. The third kappa shape index (κ3) is 4.57. The lowest BCUT2D eigenvalue weighted by Gasteiger charge is -2.36. The minimum Gasteiger partial charge on any atom is -0.358 e. The highest BCUT2D eigenvalue weighted by Crippen LogP contribution is 2.44.